The average molecular weight is 262 g/mol. The molecule has 0 aliphatic heterocycles. The largest absolute Gasteiger partial charge is 0.331 e. The van der Waals surface area contributed by atoms with Crippen molar-refractivity contribution < 1.29 is 4.39 Å². The SMILES string of the molecule is CCc1cn(C)c(=O)n(Cc2ccc(F)cc2)c1=O. The maximum absolute atomic E-state index is 12.8. The van der Waals surface area contributed by atoms with Gasteiger partial charge >= 0.3 is 5.69 Å². The van der Waals surface area contributed by atoms with Gasteiger partial charge in [0.1, 0.15) is 5.82 Å². The lowest BCUT2D eigenvalue weighted by atomic mass is 10.2. The van der Waals surface area contributed by atoms with Crippen LogP contribution in [-0.4, -0.2) is 9.13 Å². The first-order chi connectivity index (χ1) is 9.02. The van der Waals surface area contributed by atoms with Crippen molar-refractivity contribution in [3.05, 3.63) is 68.2 Å². The Morgan fingerprint density at radius 2 is 1.79 bits per heavy atom. The van der Waals surface area contributed by atoms with Crippen LogP contribution in [0.2, 0.25) is 0 Å². The van der Waals surface area contributed by atoms with Crippen LogP contribution in [0.25, 0.3) is 0 Å². The van der Waals surface area contributed by atoms with Gasteiger partial charge in [-0.25, -0.2) is 9.18 Å². The predicted octanol–water partition coefficient (Wildman–Crippen LogP) is 1.30. The molecule has 1 heterocycles. The van der Waals surface area contributed by atoms with Gasteiger partial charge in [0.2, 0.25) is 0 Å². The highest BCUT2D eigenvalue weighted by atomic mass is 19.1. The van der Waals surface area contributed by atoms with Gasteiger partial charge in [0.15, 0.2) is 0 Å². The van der Waals surface area contributed by atoms with E-state index in [2.05, 4.69) is 0 Å². The second-order valence-corrected chi connectivity index (χ2v) is 4.42. The van der Waals surface area contributed by atoms with E-state index in [1.54, 1.807) is 25.4 Å². The fraction of sp³-hybridized carbons (Fsp3) is 0.286. The van der Waals surface area contributed by atoms with Crippen LogP contribution >= 0.6 is 0 Å². The minimum absolute atomic E-state index is 0.152. The molecule has 1 aromatic carbocycles. The van der Waals surface area contributed by atoms with Crippen LogP contribution in [0, 0.1) is 5.82 Å². The van der Waals surface area contributed by atoms with E-state index in [1.807, 2.05) is 6.92 Å². The monoisotopic (exact) mass is 262 g/mol. The van der Waals surface area contributed by atoms with E-state index < -0.39 is 0 Å². The maximum atomic E-state index is 12.8. The van der Waals surface area contributed by atoms with Crippen molar-refractivity contribution in [2.45, 2.75) is 19.9 Å². The molecule has 4 nitrogen and oxygen atoms in total. The summed E-state index contributed by atoms with van der Waals surface area (Å²) >= 11 is 0. The second-order valence-electron chi connectivity index (χ2n) is 4.42. The van der Waals surface area contributed by atoms with Gasteiger partial charge in [-0.15, -0.1) is 0 Å². The number of benzene rings is 1. The maximum Gasteiger partial charge on any atom is 0.331 e. The van der Waals surface area contributed by atoms with Gasteiger partial charge in [-0.3, -0.25) is 9.36 Å². The van der Waals surface area contributed by atoms with Crippen LogP contribution in [0.4, 0.5) is 4.39 Å². The van der Waals surface area contributed by atoms with E-state index in [1.165, 1.54) is 21.3 Å². The summed E-state index contributed by atoms with van der Waals surface area (Å²) in [6, 6.07) is 5.77. The van der Waals surface area contributed by atoms with Crippen molar-refractivity contribution in [3.8, 4) is 0 Å². The molecule has 2 aromatic rings. The second kappa shape index (κ2) is 5.22. The number of nitrogens with zero attached hydrogens (tertiary/aromatic N) is 2. The first-order valence-corrected chi connectivity index (χ1v) is 6.06. The molecule has 0 saturated heterocycles. The van der Waals surface area contributed by atoms with E-state index in [4.69, 9.17) is 0 Å². The summed E-state index contributed by atoms with van der Waals surface area (Å²) in [5.74, 6) is -0.341. The molecule has 0 saturated carbocycles. The summed E-state index contributed by atoms with van der Waals surface area (Å²) in [5.41, 5.74) is 0.652. The van der Waals surface area contributed by atoms with Gasteiger partial charge < -0.3 is 4.57 Å². The molecular formula is C14H15FN2O2. The van der Waals surface area contributed by atoms with Crippen molar-refractivity contribution >= 4 is 0 Å². The Kier molecular flexibility index (Phi) is 3.64. The van der Waals surface area contributed by atoms with Crippen molar-refractivity contribution in [2.75, 3.05) is 0 Å². The fourth-order valence-corrected chi connectivity index (χ4v) is 1.95. The van der Waals surface area contributed by atoms with Gasteiger partial charge in [-0.1, -0.05) is 19.1 Å². The topological polar surface area (TPSA) is 44.0 Å². The number of halogens is 1. The summed E-state index contributed by atoms with van der Waals surface area (Å²) in [6.07, 6.45) is 2.13. The molecule has 100 valence electrons. The third kappa shape index (κ3) is 2.65. The standard InChI is InChI=1S/C14H15FN2O2/c1-3-11-9-16(2)14(19)17(13(11)18)8-10-4-6-12(15)7-5-10/h4-7,9H,3,8H2,1-2H3. The molecule has 0 aliphatic carbocycles. The Morgan fingerprint density at radius 1 is 1.16 bits per heavy atom. The number of hydrogen-bond acceptors (Lipinski definition) is 2. The predicted molar refractivity (Wildman–Crippen MR) is 70.8 cm³/mol. The molecule has 1 aromatic heterocycles. The molecule has 0 unspecified atom stereocenters. The molecule has 0 atom stereocenters. The van der Waals surface area contributed by atoms with Crippen LogP contribution in [0.5, 0.6) is 0 Å². The smallest absolute Gasteiger partial charge is 0.303 e. The van der Waals surface area contributed by atoms with E-state index in [0.717, 1.165) is 0 Å². The number of aromatic nitrogens is 2. The summed E-state index contributed by atoms with van der Waals surface area (Å²) in [4.78, 5) is 24.1. The zero-order valence-electron chi connectivity index (χ0n) is 10.9. The van der Waals surface area contributed by atoms with Gasteiger partial charge in [0.05, 0.1) is 6.54 Å². The Balaban J connectivity index is 2.50. The molecule has 0 N–H and O–H groups in total. The third-order valence-electron chi connectivity index (χ3n) is 3.04. The fourth-order valence-electron chi connectivity index (χ4n) is 1.95. The summed E-state index contributed by atoms with van der Waals surface area (Å²) in [6.45, 7) is 2.02. The molecule has 2 rings (SSSR count). The van der Waals surface area contributed by atoms with E-state index in [0.29, 0.717) is 17.5 Å². The highest BCUT2D eigenvalue weighted by Crippen LogP contribution is 2.03. The van der Waals surface area contributed by atoms with E-state index in [9.17, 15) is 14.0 Å². The zero-order chi connectivity index (χ0) is 14.0. The number of aryl methyl sites for hydroxylation is 2. The zero-order valence-corrected chi connectivity index (χ0v) is 10.9. The van der Waals surface area contributed by atoms with Crippen molar-refractivity contribution in [3.63, 3.8) is 0 Å². The molecular weight excluding hydrogens is 247 g/mol. The van der Waals surface area contributed by atoms with Crippen LogP contribution in [-0.2, 0) is 20.0 Å². The van der Waals surface area contributed by atoms with Crippen LogP contribution in [0.15, 0.2) is 40.1 Å². The molecule has 19 heavy (non-hydrogen) atoms. The average Bonchev–Trinajstić information content (AvgIpc) is 2.41. The van der Waals surface area contributed by atoms with Crippen LogP contribution < -0.4 is 11.2 Å². The van der Waals surface area contributed by atoms with Gasteiger partial charge in [-0.05, 0) is 24.1 Å². The lowest BCUT2D eigenvalue weighted by Crippen LogP contribution is -2.40. The van der Waals surface area contributed by atoms with Crippen LogP contribution in [0.3, 0.4) is 0 Å². The summed E-state index contributed by atoms with van der Waals surface area (Å²) in [5, 5.41) is 0. The third-order valence-corrected chi connectivity index (χ3v) is 3.04. The summed E-state index contributed by atoms with van der Waals surface area (Å²) in [7, 11) is 1.61. The Morgan fingerprint density at radius 3 is 2.37 bits per heavy atom. The first kappa shape index (κ1) is 13.3. The Bertz CT molecular complexity index is 699. The highest BCUT2D eigenvalue weighted by molar-refractivity contribution is 5.17. The van der Waals surface area contributed by atoms with Crippen LogP contribution in [0.1, 0.15) is 18.1 Å². The van der Waals surface area contributed by atoms with Crippen molar-refractivity contribution in [1.82, 2.24) is 9.13 Å². The van der Waals surface area contributed by atoms with Crippen molar-refractivity contribution in [1.29, 1.82) is 0 Å². The molecule has 0 amide bonds. The molecule has 0 aliphatic rings. The highest BCUT2D eigenvalue weighted by Gasteiger charge is 2.09. The molecule has 0 radical (unpaired) electrons. The minimum Gasteiger partial charge on any atom is -0.303 e. The summed E-state index contributed by atoms with van der Waals surface area (Å²) < 4.78 is 15.4. The molecule has 0 spiro atoms. The number of rotatable bonds is 3. The number of hydrogen-bond donors (Lipinski definition) is 0. The normalized spacial score (nSPS) is 10.7. The van der Waals surface area contributed by atoms with E-state index in [-0.39, 0.29) is 23.6 Å². The van der Waals surface area contributed by atoms with Gasteiger partial charge in [0.25, 0.3) is 5.56 Å². The minimum atomic E-state index is -0.369. The quantitative estimate of drug-likeness (QED) is 0.836. The Hall–Kier alpha value is -2.17. The lowest BCUT2D eigenvalue weighted by Gasteiger charge is -2.09. The van der Waals surface area contributed by atoms with Gasteiger partial charge in [0, 0.05) is 18.8 Å². The molecule has 0 fully saturated rings. The van der Waals surface area contributed by atoms with Crippen molar-refractivity contribution in [2.24, 2.45) is 7.05 Å². The lowest BCUT2D eigenvalue weighted by molar-refractivity contribution is 0.616. The first-order valence-electron chi connectivity index (χ1n) is 6.06. The Labute approximate surface area is 109 Å². The molecule has 0 bridgehead atoms. The van der Waals surface area contributed by atoms with Gasteiger partial charge in [-0.2, -0.15) is 0 Å². The van der Waals surface area contributed by atoms with E-state index >= 15 is 0 Å². The molecule has 5 heteroatoms.